The summed E-state index contributed by atoms with van der Waals surface area (Å²) in [6.45, 7) is -1.60. The van der Waals surface area contributed by atoms with Crippen molar-refractivity contribution in [3.05, 3.63) is 23.8 Å². The van der Waals surface area contributed by atoms with Crippen LogP contribution in [0.3, 0.4) is 0 Å². The quantitative estimate of drug-likeness (QED) is 0.257. The van der Waals surface area contributed by atoms with Crippen LogP contribution in [0.1, 0.15) is 55.3 Å². The van der Waals surface area contributed by atoms with E-state index in [9.17, 15) is 59.1 Å². The van der Waals surface area contributed by atoms with E-state index in [1.807, 2.05) is 0 Å². The third-order valence-electron chi connectivity index (χ3n) is 8.24. The van der Waals surface area contributed by atoms with E-state index >= 15 is 0 Å². The molecule has 4 bridgehead atoms. The zero-order valence-electron chi connectivity index (χ0n) is 20.7. The summed E-state index contributed by atoms with van der Waals surface area (Å²) in [7, 11) is -4.94. The molecule has 4 aliphatic carbocycles. The normalized spacial score (nSPS) is 28.4. The van der Waals surface area contributed by atoms with Crippen molar-refractivity contribution in [2.75, 3.05) is 13.2 Å². The van der Waals surface area contributed by atoms with Crippen molar-refractivity contribution in [2.45, 2.75) is 67.8 Å². The smallest absolute Gasteiger partial charge is 0.426 e. The molecule has 2 unspecified atom stereocenters. The molecule has 0 radical (unpaired) electrons. The van der Waals surface area contributed by atoms with Crippen molar-refractivity contribution in [2.24, 2.45) is 22.7 Å². The van der Waals surface area contributed by atoms with Gasteiger partial charge < -0.3 is 24.2 Å². The third-order valence-corrected chi connectivity index (χ3v) is 9.07. The first kappa shape index (κ1) is 30.4. The highest BCUT2D eigenvalue weighted by molar-refractivity contribution is 7.85. The van der Waals surface area contributed by atoms with Gasteiger partial charge in [-0.05, 0) is 68.6 Å². The maximum absolute atomic E-state index is 13.1. The number of rotatable bonds is 8. The molecule has 0 amide bonds. The lowest BCUT2D eigenvalue weighted by Gasteiger charge is -2.60. The number of benzene rings is 1. The van der Waals surface area contributed by atoms with Crippen LogP contribution in [0.5, 0.6) is 5.75 Å². The lowest BCUT2D eigenvalue weighted by Crippen LogP contribution is -2.58. The number of aromatic hydroxyl groups is 1. The van der Waals surface area contributed by atoms with Gasteiger partial charge in [0.2, 0.25) is 0 Å². The van der Waals surface area contributed by atoms with E-state index in [0.29, 0.717) is 18.9 Å². The Kier molecular flexibility index (Phi) is 7.41. The molecule has 1 aromatic rings. The van der Waals surface area contributed by atoms with Crippen molar-refractivity contribution < 1.29 is 68.6 Å². The second kappa shape index (κ2) is 9.76. The second-order valence-corrected chi connectivity index (χ2v) is 12.6. The van der Waals surface area contributed by atoms with Gasteiger partial charge in [-0.3, -0.25) is 4.79 Å². The van der Waals surface area contributed by atoms with E-state index < -0.39 is 80.1 Å². The summed E-state index contributed by atoms with van der Waals surface area (Å²) in [5, 5.41) is 19.3. The highest BCUT2D eigenvalue weighted by atomic mass is 32.2. The van der Waals surface area contributed by atoms with Gasteiger partial charge in [0.1, 0.15) is 21.4 Å². The number of esters is 2. The van der Waals surface area contributed by atoms with E-state index in [1.165, 1.54) is 0 Å². The van der Waals surface area contributed by atoms with Gasteiger partial charge >= 0.3 is 24.3 Å². The van der Waals surface area contributed by atoms with Crippen LogP contribution in [0.2, 0.25) is 0 Å². The molecule has 40 heavy (non-hydrogen) atoms. The molecule has 9 nitrogen and oxygen atoms in total. The minimum absolute atomic E-state index is 0.0582. The summed E-state index contributed by atoms with van der Waals surface area (Å²) >= 11 is 0. The number of ether oxygens (including phenoxy) is 2. The maximum atomic E-state index is 13.1. The SMILES string of the molecule is O=C(OCC12CC3CC(C1)CC(C(=O)OCCC(O)(C(F)(F)F)C(F)(F)F)(C3)C2)c1cc(S(=O)(=O)[O-])ccc1O. The molecule has 0 aromatic heterocycles. The molecule has 0 aliphatic heterocycles. The average Bonchev–Trinajstić information content (AvgIpc) is 2.79. The molecule has 224 valence electrons. The number of phenolic OH excluding ortho intramolecular Hbond substituents is 1. The van der Waals surface area contributed by atoms with E-state index in [0.717, 1.165) is 18.6 Å². The molecule has 4 fully saturated rings. The average molecular weight is 604 g/mol. The molecule has 16 heteroatoms. The number of aliphatic hydroxyl groups is 1. The van der Waals surface area contributed by atoms with Crippen molar-refractivity contribution in [3.63, 3.8) is 0 Å². The first-order chi connectivity index (χ1) is 18.2. The number of carbonyl (C=O) groups is 2. The molecule has 4 saturated carbocycles. The van der Waals surface area contributed by atoms with Gasteiger partial charge in [-0.2, -0.15) is 26.3 Å². The predicted octanol–water partition coefficient (Wildman–Crippen LogP) is 3.83. The number of hydrogen-bond acceptors (Lipinski definition) is 9. The molecule has 2 N–H and O–H groups in total. The topological polar surface area (TPSA) is 150 Å². The standard InChI is InChI=1S/C24H26F6O9S/c25-23(26,27)22(34,24(28,29)30)3-4-38-19(33)21-9-13-5-14(10-21)8-20(7-13,11-21)12-39-18(32)16-6-15(40(35,36)37)1-2-17(16)31/h1-2,6,13-14,31,34H,3-5,7-12H2,(H,35,36,37)/p-1. The van der Waals surface area contributed by atoms with E-state index in [-0.39, 0.29) is 37.7 Å². The third kappa shape index (κ3) is 5.49. The maximum Gasteiger partial charge on any atom is 0.426 e. The summed E-state index contributed by atoms with van der Waals surface area (Å²) in [5.74, 6) is -2.88. The van der Waals surface area contributed by atoms with Gasteiger partial charge in [-0.15, -0.1) is 0 Å². The Balaban J connectivity index is 1.46. The molecule has 0 saturated heterocycles. The zero-order valence-corrected chi connectivity index (χ0v) is 21.5. The fourth-order valence-corrected chi connectivity index (χ4v) is 7.38. The summed E-state index contributed by atoms with van der Waals surface area (Å²) in [5.41, 5.74) is -7.64. The Bertz CT molecular complexity index is 1260. The molecule has 1 aromatic carbocycles. The van der Waals surface area contributed by atoms with Crippen molar-refractivity contribution in [1.82, 2.24) is 0 Å². The molecule has 2 atom stereocenters. The number of carbonyl (C=O) groups excluding carboxylic acids is 2. The number of hydrogen-bond donors (Lipinski definition) is 2. The highest BCUT2D eigenvalue weighted by Gasteiger charge is 2.70. The van der Waals surface area contributed by atoms with Crippen LogP contribution < -0.4 is 0 Å². The summed E-state index contributed by atoms with van der Waals surface area (Å²) in [4.78, 5) is 25.0. The van der Waals surface area contributed by atoms with E-state index in [2.05, 4.69) is 0 Å². The zero-order chi connectivity index (χ0) is 29.9. The Morgan fingerprint density at radius 2 is 1.57 bits per heavy atom. The molecule has 5 rings (SSSR count). The Hall–Kier alpha value is -2.59. The molecular weight excluding hydrogens is 578 g/mol. The van der Waals surface area contributed by atoms with Crippen molar-refractivity contribution in [1.29, 1.82) is 0 Å². The van der Waals surface area contributed by atoms with Crippen molar-refractivity contribution in [3.8, 4) is 5.75 Å². The highest BCUT2D eigenvalue weighted by Crippen LogP contribution is 2.65. The Morgan fingerprint density at radius 1 is 1.00 bits per heavy atom. The molecule has 0 heterocycles. The van der Waals surface area contributed by atoms with E-state index in [4.69, 9.17) is 9.47 Å². The van der Waals surface area contributed by atoms with Crippen LogP contribution in [-0.4, -0.2) is 66.3 Å². The fraction of sp³-hybridized carbons (Fsp3) is 0.667. The molecular formula is C24H25F6O9S-. The van der Waals surface area contributed by atoms with Crippen LogP contribution in [0.25, 0.3) is 0 Å². The monoisotopic (exact) mass is 603 g/mol. The number of halogens is 6. The minimum atomic E-state index is -6.04. The van der Waals surface area contributed by atoms with Crippen LogP contribution in [0.15, 0.2) is 23.1 Å². The van der Waals surface area contributed by atoms with Gasteiger partial charge in [0.25, 0.3) is 5.60 Å². The number of phenols is 1. The first-order valence-corrected chi connectivity index (χ1v) is 13.6. The summed E-state index contributed by atoms with van der Waals surface area (Å²) in [6, 6.07) is 2.32. The second-order valence-electron chi connectivity index (χ2n) is 11.2. The summed E-state index contributed by atoms with van der Waals surface area (Å²) < 4.78 is 122. The fourth-order valence-electron chi connectivity index (χ4n) is 6.88. The lowest BCUT2D eigenvalue weighted by molar-refractivity contribution is -0.371. The number of alkyl halides is 6. The minimum Gasteiger partial charge on any atom is -0.744 e. The summed E-state index contributed by atoms with van der Waals surface area (Å²) in [6.07, 6.45) is -11.6. The van der Waals surface area contributed by atoms with Crippen LogP contribution >= 0.6 is 0 Å². The van der Waals surface area contributed by atoms with Gasteiger partial charge in [-0.25, -0.2) is 13.2 Å². The first-order valence-electron chi connectivity index (χ1n) is 12.2. The van der Waals surface area contributed by atoms with Gasteiger partial charge in [0.15, 0.2) is 0 Å². The molecule has 0 spiro atoms. The van der Waals surface area contributed by atoms with Crippen LogP contribution in [-0.2, 0) is 24.4 Å². The Labute approximate surface area is 224 Å². The lowest BCUT2D eigenvalue weighted by atomic mass is 9.44. The Morgan fingerprint density at radius 3 is 2.10 bits per heavy atom. The predicted molar refractivity (Wildman–Crippen MR) is 119 cm³/mol. The van der Waals surface area contributed by atoms with E-state index in [1.54, 1.807) is 0 Å². The van der Waals surface area contributed by atoms with Crippen molar-refractivity contribution >= 4 is 22.1 Å². The van der Waals surface area contributed by atoms with Crippen LogP contribution in [0, 0.1) is 22.7 Å². The van der Waals surface area contributed by atoms with Gasteiger partial charge in [0.05, 0.1) is 23.5 Å². The molecule has 4 aliphatic rings. The van der Waals surface area contributed by atoms with Gasteiger partial charge in [-0.1, -0.05) is 0 Å². The van der Waals surface area contributed by atoms with Gasteiger partial charge in [0, 0.05) is 11.8 Å². The van der Waals surface area contributed by atoms with Crippen LogP contribution in [0.4, 0.5) is 26.3 Å². The largest absolute Gasteiger partial charge is 0.744 e.